The molecular formula is C12H14N2O4. The summed E-state index contributed by atoms with van der Waals surface area (Å²) in [4.78, 5) is 0. The molecule has 96 valence electrons. The zero-order valence-corrected chi connectivity index (χ0v) is 10.4. The van der Waals surface area contributed by atoms with Crippen molar-refractivity contribution in [1.82, 2.24) is 5.16 Å². The molecule has 0 unspecified atom stereocenters. The van der Waals surface area contributed by atoms with Crippen LogP contribution in [0.4, 0.5) is 5.88 Å². The van der Waals surface area contributed by atoms with Gasteiger partial charge in [0.25, 0.3) is 0 Å². The Kier molecular flexibility index (Phi) is 3.27. The van der Waals surface area contributed by atoms with E-state index in [1.54, 1.807) is 33.5 Å². The lowest BCUT2D eigenvalue weighted by Gasteiger charge is -2.13. The molecule has 6 nitrogen and oxygen atoms in total. The molecule has 18 heavy (non-hydrogen) atoms. The third-order valence-corrected chi connectivity index (χ3v) is 2.58. The maximum Gasteiger partial charge on any atom is 0.230 e. The highest BCUT2D eigenvalue weighted by Gasteiger charge is 2.19. The molecule has 0 radical (unpaired) electrons. The summed E-state index contributed by atoms with van der Waals surface area (Å²) in [5.41, 5.74) is 7.02. The highest BCUT2D eigenvalue weighted by Crippen LogP contribution is 2.43. The molecule has 0 saturated heterocycles. The second kappa shape index (κ2) is 4.87. The fraction of sp³-hybridized carbons (Fsp3) is 0.250. The molecule has 2 N–H and O–H groups in total. The SMILES string of the molecule is COc1cc(OC)c(-c2cnoc2N)c(OC)c1. The van der Waals surface area contributed by atoms with Gasteiger partial charge in [0.2, 0.25) is 5.88 Å². The smallest absolute Gasteiger partial charge is 0.230 e. The molecule has 1 heterocycles. The van der Waals surface area contributed by atoms with Crippen LogP contribution in [0, 0.1) is 0 Å². The second-order valence-electron chi connectivity index (χ2n) is 3.51. The van der Waals surface area contributed by atoms with Crippen LogP contribution in [0.2, 0.25) is 0 Å². The van der Waals surface area contributed by atoms with Crippen LogP contribution in [0.5, 0.6) is 17.2 Å². The zero-order chi connectivity index (χ0) is 13.1. The van der Waals surface area contributed by atoms with Crippen molar-refractivity contribution in [2.45, 2.75) is 0 Å². The Hall–Kier alpha value is -2.37. The minimum absolute atomic E-state index is 0.205. The summed E-state index contributed by atoms with van der Waals surface area (Å²) < 4.78 is 20.7. The van der Waals surface area contributed by atoms with Crippen molar-refractivity contribution in [3.8, 4) is 28.4 Å². The van der Waals surface area contributed by atoms with E-state index in [4.69, 9.17) is 24.5 Å². The lowest BCUT2D eigenvalue weighted by atomic mass is 10.1. The Morgan fingerprint density at radius 2 is 1.67 bits per heavy atom. The number of aromatic nitrogens is 1. The molecule has 0 aliphatic rings. The first kappa shape index (κ1) is 12.1. The maximum absolute atomic E-state index is 5.72. The van der Waals surface area contributed by atoms with Crippen LogP contribution in [-0.2, 0) is 0 Å². The number of anilines is 1. The summed E-state index contributed by atoms with van der Waals surface area (Å²) in [6.07, 6.45) is 1.52. The second-order valence-corrected chi connectivity index (χ2v) is 3.51. The van der Waals surface area contributed by atoms with E-state index < -0.39 is 0 Å². The van der Waals surface area contributed by atoms with Crippen LogP contribution in [-0.4, -0.2) is 26.5 Å². The number of methoxy groups -OCH3 is 3. The van der Waals surface area contributed by atoms with Crippen molar-refractivity contribution in [2.24, 2.45) is 0 Å². The van der Waals surface area contributed by atoms with Crippen LogP contribution in [0.15, 0.2) is 22.9 Å². The van der Waals surface area contributed by atoms with Crippen molar-refractivity contribution in [2.75, 3.05) is 27.1 Å². The van der Waals surface area contributed by atoms with E-state index in [2.05, 4.69) is 5.16 Å². The number of benzene rings is 1. The van der Waals surface area contributed by atoms with Crippen molar-refractivity contribution < 1.29 is 18.7 Å². The summed E-state index contributed by atoms with van der Waals surface area (Å²) in [5.74, 6) is 1.97. The van der Waals surface area contributed by atoms with Gasteiger partial charge in [0.05, 0.1) is 38.7 Å². The fourth-order valence-electron chi connectivity index (χ4n) is 1.71. The summed E-state index contributed by atoms with van der Waals surface area (Å²) in [7, 11) is 4.69. The summed E-state index contributed by atoms with van der Waals surface area (Å²) in [6.45, 7) is 0. The molecule has 6 heteroatoms. The maximum atomic E-state index is 5.72. The number of hydrogen-bond donors (Lipinski definition) is 1. The van der Waals surface area contributed by atoms with E-state index in [1.807, 2.05) is 0 Å². The van der Waals surface area contributed by atoms with Crippen LogP contribution in [0.25, 0.3) is 11.1 Å². The molecule has 0 saturated carbocycles. The van der Waals surface area contributed by atoms with Crippen LogP contribution in [0.3, 0.4) is 0 Å². The fourth-order valence-corrected chi connectivity index (χ4v) is 1.71. The van der Waals surface area contributed by atoms with Gasteiger partial charge in [-0.1, -0.05) is 5.16 Å². The molecule has 0 bridgehead atoms. The van der Waals surface area contributed by atoms with Gasteiger partial charge in [-0.25, -0.2) is 0 Å². The number of nitrogens with two attached hydrogens (primary N) is 1. The first-order valence-electron chi connectivity index (χ1n) is 5.21. The first-order valence-corrected chi connectivity index (χ1v) is 5.21. The third kappa shape index (κ3) is 1.92. The van der Waals surface area contributed by atoms with Gasteiger partial charge in [-0.05, 0) is 0 Å². The van der Waals surface area contributed by atoms with Gasteiger partial charge in [0.1, 0.15) is 17.2 Å². The Bertz CT molecular complexity index is 526. The van der Waals surface area contributed by atoms with Crippen molar-refractivity contribution >= 4 is 5.88 Å². The Morgan fingerprint density at radius 1 is 1.06 bits per heavy atom. The van der Waals surface area contributed by atoms with Crippen LogP contribution in [0.1, 0.15) is 0 Å². The van der Waals surface area contributed by atoms with Gasteiger partial charge < -0.3 is 24.5 Å². The average molecular weight is 250 g/mol. The largest absolute Gasteiger partial charge is 0.496 e. The molecule has 0 fully saturated rings. The molecule has 2 aromatic rings. The van der Waals surface area contributed by atoms with Gasteiger partial charge in [0, 0.05) is 12.1 Å². The Labute approximate surface area is 104 Å². The quantitative estimate of drug-likeness (QED) is 0.893. The van der Waals surface area contributed by atoms with Gasteiger partial charge in [0.15, 0.2) is 0 Å². The number of hydrogen-bond acceptors (Lipinski definition) is 6. The van der Waals surface area contributed by atoms with Gasteiger partial charge in [-0.3, -0.25) is 0 Å². The number of ether oxygens (including phenoxy) is 3. The van der Waals surface area contributed by atoms with Gasteiger partial charge in [-0.2, -0.15) is 0 Å². The number of nitrogen functional groups attached to an aromatic ring is 1. The van der Waals surface area contributed by atoms with Gasteiger partial charge in [-0.15, -0.1) is 0 Å². The average Bonchev–Trinajstić information content (AvgIpc) is 2.82. The predicted molar refractivity (Wildman–Crippen MR) is 66.0 cm³/mol. The van der Waals surface area contributed by atoms with Crippen molar-refractivity contribution in [3.05, 3.63) is 18.3 Å². The molecule has 0 atom stereocenters. The van der Waals surface area contributed by atoms with Gasteiger partial charge >= 0.3 is 0 Å². The van der Waals surface area contributed by atoms with E-state index in [0.717, 1.165) is 0 Å². The molecule has 1 aromatic carbocycles. The first-order chi connectivity index (χ1) is 8.71. The summed E-state index contributed by atoms with van der Waals surface area (Å²) >= 11 is 0. The number of nitrogens with zero attached hydrogens (tertiary/aromatic N) is 1. The topological polar surface area (TPSA) is 79.7 Å². The minimum Gasteiger partial charge on any atom is -0.496 e. The molecule has 1 aromatic heterocycles. The van der Waals surface area contributed by atoms with Crippen molar-refractivity contribution in [3.63, 3.8) is 0 Å². The lowest BCUT2D eigenvalue weighted by Crippen LogP contribution is -1.96. The molecular weight excluding hydrogens is 236 g/mol. The molecule has 0 amide bonds. The highest BCUT2D eigenvalue weighted by molar-refractivity contribution is 5.83. The monoisotopic (exact) mass is 250 g/mol. The van der Waals surface area contributed by atoms with Crippen molar-refractivity contribution in [1.29, 1.82) is 0 Å². The van der Waals surface area contributed by atoms with Crippen LogP contribution < -0.4 is 19.9 Å². The zero-order valence-electron chi connectivity index (χ0n) is 10.4. The molecule has 0 spiro atoms. The Morgan fingerprint density at radius 3 is 2.06 bits per heavy atom. The van der Waals surface area contributed by atoms with E-state index >= 15 is 0 Å². The van der Waals surface area contributed by atoms with E-state index in [9.17, 15) is 0 Å². The molecule has 2 rings (SSSR count). The lowest BCUT2D eigenvalue weighted by molar-refractivity contribution is 0.377. The van der Waals surface area contributed by atoms with E-state index in [0.29, 0.717) is 28.4 Å². The third-order valence-electron chi connectivity index (χ3n) is 2.58. The Balaban J connectivity index is 2.68. The van der Waals surface area contributed by atoms with E-state index in [1.165, 1.54) is 6.20 Å². The molecule has 0 aliphatic carbocycles. The predicted octanol–water partition coefficient (Wildman–Crippen LogP) is 1.95. The number of rotatable bonds is 4. The van der Waals surface area contributed by atoms with Crippen LogP contribution >= 0.6 is 0 Å². The molecule has 0 aliphatic heterocycles. The van der Waals surface area contributed by atoms with E-state index in [-0.39, 0.29) is 5.88 Å². The standard InChI is InChI=1S/C12H14N2O4/c1-15-7-4-9(16-2)11(10(5-7)17-3)8-6-14-18-12(8)13/h4-6H,13H2,1-3H3. The summed E-state index contributed by atoms with van der Waals surface area (Å²) in [6, 6.07) is 3.48. The minimum atomic E-state index is 0.205. The summed E-state index contributed by atoms with van der Waals surface area (Å²) in [5, 5.41) is 3.65. The normalized spacial score (nSPS) is 10.2. The highest BCUT2D eigenvalue weighted by atomic mass is 16.5.